The zero-order valence-corrected chi connectivity index (χ0v) is 15.6. The number of carbonyl (C=O) groups excluding carboxylic acids is 1. The van der Waals surface area contributed by atoms with Crippen molar-refractivity contribution in [3.63, 3.8) is 0 Å². The Labute approximate surface area is 139 Å². The van der Waals surface area contributed by atoms with E-state index in [0.29, 0.717) is 0 Å². The van der Waals surface area contributed by atoms with Crippen molar-refractivity contribution in [1.82, 2.24) is 15.5 Å². The molecule has 0 aliphatic carbocycles. The van der Waals surface area contributed by atoms with Gasteiger partial charge in [0.1, 0.15) is 5.54 Å². The van der Waals surface area contributed by atoms with Crippen molar-refractivity contribution in [3.05, 3.63) is 0 Å². The van der Waals surface area contributed by atoms with E-state index in [-0.39, 0.29) is 12.0 Å². The summed E-state index contributed by atoms with van der Waals surface area (Å²) in [6.07, 6.45) is 3.64. The summed E-state index contributed by atoms with van der Waals surface area (Å²) in [5, 5.41) is 11.5. The largest absolute Gasteiger partial charge is 0.468 e. The number of nitrogens with one attached hydrogen (secondary N) is 1. The molecule has 0 saturated carbocycles. The molecule has 1 heterocycles. The van der Waals surface area contributed by atoms with Crippen LogP contribution in [0.15, 0.2) is 8.68 Å². The first-order chi connectivity index (χ1) is 9.91. The van der Waals surface area contributed by atoms with Crippen molar-refractivity contribution >= 4 is 40.8 Å². The fourth-order valence-corrected chi connectivity index (χ4v) is 4.47. The number of ether oxygens (including phenoxy) is 1. The normalized spacial score (nSPS) is 14.2. The second-order valence-electron chi connectivity index (χ2n) is 5.11. The van der Waals surface area contributed by atoms with Gasteiger partial charge in [-0.2, -0.15) is 0 Å². The van der Waals surface area contributed by atoms with Crippen LogP contribution in [0.3, 0.4) is 0 Å². The summed E-state index contributed by atoms with van der Waals surface area (Å²) in [4.78, 5) is 12.0. The van der Waals surface area contributed by atoms with Gasteiger partial charge in [-0.3, -0.25) is 10.1 Å². The Hall–Kier alpha value is -0.310. The molecule has 1 N–H and O–H groups in total. The van der Waals surface area contributed by atoms with Crippen LogP contribution in [0.2, 0.25) is 0 Å². The lowest BCUT2D eigenvalue weighted by molar-refractivity contribution is -0.148. The molecule has 1 atom stereocenters. The third-order valence-corrected chi connectivity index (χ3v) is 5.97. The number of methoxy groups -OCH3 is 1. The van der Waals surface area contributed by atoms with Gasteiger partial charge in [-0.15, -0.1) is 10.2 Å². The number of carbonyl (C=O) groups is 1. The van der Waals surface area contributed by atoms with Gasteiger partial charge in [0.25, 0.3) is 0 Å². The molecule has 0 aliphatic heterocycles. The first-order valence-electron chi connectivity index (χ1n) is 6.77. The molecule has 0 aromatic carbocycles. The lowest BCUT2D eigenvalue weighted by atomic mass is 9.95. The Kier molecular flexibility index (Phi) is 8.00. The van der Waals surface area contributed by atoms with Gasteiger partial charge in [-0.25, -0.2) is 0 Å². The van der Waals surface area contributed by atoms with Crippen LogP contribution in [-0.2, 0) is 9.53 Å². The molecule has 1 unspecified atom stereocenters. The fraction of sp³-hybridized carbons (Fsp3) is 0.769. The van der Waals surface area contributed by atoms with Crippen LogP contribution >= 0.6 is 34.9 Å². The molecule has 21 heavy (non-hydrogen) atoms. The lowest BCUT2D eigenvalue weighted by Gasteiger charge is -2.30. The van der Waals surface area contributed by atoms with E-state index in [2.05, 4.69) is 15.5 Å². The maximum Gasteiger partial charge on any atom is 0.325 e. The Morgan fingerprint density at radius 2 is 2.10 bits per heavy atom. The fourth-order valence-electron chi connectivity index (χ4n) is 2.02. The summed E-state index contributed by atoms with van der Waals surface area (Å²) >= 11 is 4.90. The predicted molar refractivity (Wildman–Crippen MR) is 90.3 cm³/mol. The number of nitrogens with zero attached hydrogens (tertiary/aromatic N) is 2. The van der Waals surface area contributed by atoms with Gasteiger partial charge in [-0.1, -0.05) is 34.9 Å². The number of hydrogen-bond acceptors (Lipinski definition) is 8. The van der Waals surface area contributed by atoms with Gasteiger partial charge in [0, 0.05) is 11.8 Å². The highest BCUT2D eigenvalue weighted by atomic mass is 32.2. The van der Waals surface area contributed by atoms with E-state index >= 15 is 0 Å². The van der Waals surface area contributed by atoms with Gasteiger partial charge < -0.3 is 4.74 Å². The molecular formula is C13H23N3O2S3. The summed E-state index contributed by atoms with van der Waals surface area (Å²) in [7, 11) is 1.43. The van der Waals surface area contributed by atoms with Crippen molar-refractivity contribution in [2.24, 2.45) is 0 Å². The van der Waals surface area contributed by atoms with Crippen LogP contribution < -0.4 is 5.32 Å². The van der Waals surface area contributed by atoms with E-state index in [1.165, 1.54) is 7.11 Å². The summed E-state index contributed by atoms with van der Waals surface area (Å²) in [5.74, 6) is 0.705. The maximum atomic E-state index is 12.0. The Bertz CT molecular complexity index is 454. The Morgan fingerprint density at radius 3 is 2.62 bits per heavy atom. The highest BCUT2D eigenvalue weighted by Gasteiger charge is 2.34. The molecule has 0 spiro atoms. The molecule has 5 nitrogen and oxygen atoms in total. The summed E-state index contributed by atoms with van der Waals surface area (Å²) in [6, 6.07) is 0.231. The molecule has 0 bridgehead atoms. The van der Waals surface area contributed by atoms with Crippen LogP contribution in [0.5, 0.6) is 0 Å². The SMILES string of the molecule is COC(=O)C(C)(CCCSc1nnc(SC)s1)NC(C)C. The van der Waals surface area contributed by atoms with Crippen molar-refractivity contribution in [2.75, 3.05) is 19.1 Å². The first-order valence-corrected chi connectivity index (χ1v) is 9.80. The molecule has 0 fully saturated rings. The van der Waals surface area contributed by atoms with Gasteiger partial charge >= 0.3 is 5.97 Å². The first kappa shape index (κ1) is 18.7. The van der Waals surface area contributed by atoms with Gasteiger partial charge in [0.15, 0.2) is 8.68 Å². The zero-order valence-electron chi connectivity index (χ0n) is 13.1. The van der Waals surface area contributed by atoms with E-state index in [1.54, 1.807) is 34.9 Å². The van der Waals surface area contributed by atoms with E-state index in [4.69, 9.17) is 4.74 Å². The summed E-state index contributed by atoms with van der Waals surface area (Å²) < 4.78 is 6.89. The molecule has 120 valence electrons. The number of thioether (sulfide) groups is 2. The minimum absolute atomic E-state index is 0.207. The van der Waals surface area contributed by atoms with Crippen molar-refractivity contribution in [1.29, 1.82) is 0 Å². The van der Waals surface area contributed by atoms with E-state index in [1.807, 2.05) is 27.0 Å². The third-order valence-electron chi connectivity index (χ3n) is 2.85. The lowest BCUT2D eigenvalue weighted by Crippen LogP contribution is -2.53. The monoisotopic (exact) mass is 349 g/mol. The van der Waals surface area contributed by atoms with Crippen molar-refractivity contribution < 1.29 is 9.53 Å². The minimum Gasteiger partial charge on any atom is -0.468 e. The Balaban J connectivity index is 2.44. The van der Waals surface area contributed by atoms with Crippen LogP contribution in [0, 0.1) is 0 Å². The molecule has 0 aliphatic rings. The van der Waals surface area contributed by atoms with Gasteiger partial charge in [0.05, 0.1) is 7.11 Å². The molecule has 1 aromatic rings. The molecule has 1 aromatic heterocycles. The number of aromatic nitrogens is 2. The second-order valence-corrected chi connectivity index (χ2v) is 8.49. The average molecular weight is 350 g/mol. The topological polar surface area (TPSA) is 64.1 Å². The second kappa shape index (κ2) is 8.97. The molecule has 1 rings (SSSR count). The van der Waals surface area contributed by atoms with Crippen LogP contribution in [0.1, 0.15) is 33.6 Å². The Morgan fingerprint density at radius 1 is 1.43 bits per heavy atom. The van der Waals surface area contributed by atoms with E-state index < -0.39 is 5.54 Å². The van der Waals surface area contributed by atoms with Crippen LogP contribution in [-0.4, -0.2) is 46.9 Å². The standard InChI is InChI=1S/C13H23N3O2S3/c1-9(2)14-13(3,10(17)18-4)7-6-8-20-12-16-15-11(19-5)21-12/h9,14H,6-8H2,1-5H3. The number of rotatable bonds is 9. The van der Waals surface area contributed by atoms with Gasteiger partial charge in [-0.05, 0) is 39.9 Å². The summed E-state index contributed by atoms with van der Waals surface area (Å²) in [5.41, 5.74) is -0.630. The average Bonchev–Trinajstić information content (AvgIpc) is 2.90. The number of esters is 1. The quantitative estimate of drug-likeness (QED) is 0.417. The van der Waals surface area contributed by atoms with Crippen LogP contribution in [0.25, 0.3) is 0 Å². The molecule has 8 heteroatoms. The highest BCUT2D eigenvalue weighted by Crippen LogP contribution is 2.28. The van der Waals surface area contributed by atoms with E-state index in [9.17, 15) is 4.79 Å². The predicted octanol–water partition coefficient (Wildman–Crippen LogP) is 3.06. The third kappa shape index (κ3) is 6.14. The van der Waals surface area contributed by atoms with Gasteiger partial charge in [0.2, 0.25) is 0 Å². The number of hydrogen-bond donors (Lipinski definition) is 1. The minimum atomic E-state index is -0.630. The molecule has 0 amide bonds. The molecular weight excluding hydrogens is 326 g/mol. The van der Waals surface area contributed by atoms with Crippen LogP contribution in [0.4, 0.5) is 0 Å². The van der Waals surface area contributed by atoms with Crippen molar-refractivity contribution in [2.45, 2.75) is 53.9 Å². The van der Waals surface area contributed by atoms with E-state index in [0.717, 1.165) is 27.3 Å². The summed E-state index contributed by atoms with van der Waals surface area (Å²) in [6.45, 7) is 5.96. The molecule has 0 radical (unpaired) electrons. The zero-order chi connectivity index (χ0) is 15.9. The smallest absolute Gasteiger partial charge is 0.325 e. The molecule has 0 saturated heterocycles. The highest BCUT2D eigenvalue weighted by molar-refractivity contribution is 8.02. The maximum absolute atomic E-state index is 12.0. The van der Waals surface area contributed by atoms with Crippen molar-refractivity contribution in [3.8, 4) is 0 Å².